The Morgan fingerprint density at radius 2 is 2.16 bits per heavy atom. The summed E-state index contributed by atoms with van der Waals surface area (Å²) < 4.78 is 0. The van der Waals surface area contributed by atoms with Crippen LogP contribution < -0.4 is 4.90 Å². The maximum Gasteiger partial charge on any atom is 0.278 e. The van der Waals surface area contributed by atoms with Crippen LogP contribution in [0.25, 0.3) is 0 Å². The van der Waals surface area contributed by atoms with Crippen molar-refractivity contribution in [2.45, 2.75) is 11.3 Å². The van der Waals surface area contributed by atoms with Gasteiger partial charge in [-0.3, -0.25) is 9.78 Å². The average molecular weight is 271 g/mol. The molecule has 2 heterocycles. The number of carbonyl (C=O) groups is 1. The van der Waals surface area contributed by atoms with Gasteiger partial charge in [-0.2, -0.15) is 0 Å². The Balaban J connectivity index is 1.99. The molecule has 1 amide bonds. The van der Waals surface area contributed by atoms with Crippen molar-refractivity contribution >= 4 is 23.4 Å². The lowest BCUT2D eigenvalue weighted by Crippen LogP contribution is -2.32. The van der Waals surface area contributed by atoms with E-state index in [1.807, 2.05) is 18.2 Å². The van der Waals surface area contributed by atoms with Gasteiger partial charge in [-0.05, 0) is 24.3 Å². The predicted molar refractivity (Wildman–Crippen MR) is 75.5 cm³/mol. The highest BCUT2D eigenvalue weighted by atomic mass is 32.2. The first-order chi connectivity index (χ1) is 9.36. The second-order valence-electron chi connectivity index (χ2n) is 4.22. The van der Waals surface area contributed by atoms with Gasteiger partial charge in [0.05, 0.1) is 11.9 Å². The van der Waals surface area contributed by atoms with Crippen LogP contribution in [0, 0.1) is 0 Å². The van der Waals surface area contributed by atoms with Crippen molar-refractivity contribution in [3.8, 4) is 0 Å². The largest absolute Gasteiger partial charge is 0.306 e. The summed E-state index contributed by atoms with van der Waals surface area (Å²) in [5, 5.41) is 0. The minimum atomic E-state index is -0.0805. The number of thioether (sulfide) groups is 1. The molecule has 0 saturated carbocycles. The Morgan fingerprint density at radius 3 is 3.00 bits per heavy atom. The van der Waals surface area contributed by atoms with Crippen LogP contribution in [-0.4, -0.2) is 28.2 Å². The first-order valence-electron chi connectivity index (χ1n) is 6.16. The molecule has 1 aromatic carbocycles. The number of hydrogen-bond acceptors (Lipinski definition) is 4. The molecule has 1 aliphatic heterocycles. The van der Waals surface area contributed by atoms with Crippen molar-refractivity contribution in [3.63, 3.8) is 0 Å². The molecule has 19 heavy (non-hydrogen) atoms. The molecule has 3 rings (SSSR count). The zero-order valence-corrected chi connectivity index (χ0v) is 11.1. The molecule has 0 aliphatic carbocycles. The molecule has 0 radical (unpaired) electrons. The van der Waals surface area contributed by atoms with Gasteiger partial charge in [0.15, 0.2) is 0 Å². The van der Waals surface area contributed by atoms with E-state index in [1.54, 1.807) is 29.1 Å². The van der Waals surface area contributed by atoms with Gasteiger partial charge < -0.3 is 4.90 Å². The van der Waals surface area contributed by atoms with E-state index in [0.717, 1.165) is 29.3 Å². The topological polar surface area (TPSA) is 46.1 Å². The highest BCUT2D eigenvalue weighted by Crippen LogP contribution is 2.34. The van der Waals surface area contributed by atoms with Gasteiger partial charge in [-0.25, -0.2) is 4.98 Å². The minimum Gasteiger partial charge on any atom is -0.306 e. The van der Waals surface area contributed by atoms with Gasteiger partial charge in [0.1, 0.15) is 5.69 Å². The Hall–Kier alpha value is -1.88. The van der Waals surface area contributed by atoms with Crippen LogP contribution in [0.4, 0.5) is 5.69 Å². The van der Waals surface area contributed by atoms with Crippen molar-refractivity contribution in [1.82, 2.24) is 9.97 Å². The molecule has 96 valence electrons. The zero-order valence-electron chi connectivity index (χ0n) is 10.3. The van der Waals surface area contributed by atoms with Gasteiger partial charge >= 0.3 is 0 Å². The van der Waals surface area contributed by atoms with Crippen LogP contribution in [0.2, 0.25) is 0 Å². The maximum atomic E-state index is 12.5. The van der Waals surface area contributed by atoms with E-state index in [9.17, 15) is 4.79 Å². The average Bonchev–Trinajstić information content (AvgIpc) is 2.70. The summed E-state index contributed by atoms with van der Waals surface area (Å²) in [7, 11) is 0. The Morgan fingerprint density at radius 1 is 1.26 bits per heavy atom. The lowest BCUT2D eigenvalue weighted by molar-refractivity contribution is 0.0981. The SMILES string of the molecule is O=C(c1cnccn1)N1CCCSc2ccccc21. The van der Waals surface area contributed by atoms with Crippen molar-refractivity contribution in [2.75, 3.05) is 17.2 Å². The number of rotatable bonds is 1. The third kappa shape index (κ3) is 2.46. The molecule has 0 saturated heterocycles. The van der Waals surface area contributed by atoms with Crippen molar-refractivity contribution < 1.29 is 4.79 Å². The summed E-state index contributed by atoms with van der Waals surface area (Å²) in [6.07, 6.45) is 5.61. The molecule has 5 heteroatoms. The molecule has 0 atom stereocenters. The lowest BCUT2D eigenvalue weighted by Gasteiger charge is -2.21. The fraction of sp³-hybridized carbons (Fsp3) is 0.214. The number of fused-ring (bicyclic) bond motifs is 1. The zero-order chi connectivity index (χ0) is 13.1. The van der Waals surface area contributed by atoms with Crippen molar-refractivity contribution in [2.24, 2.45) is 0 Å². The molecule has 1 aromatic heterocycles. The molecule has 1 aliphatic rings. The number of para-hydroxylation sites is 1. The molecule has 0 fully saturated rings. The summed E-state index contributed by atoms with van der Waals surface area (Å²) >= 11 is 1.80. The van der Waals surface area contributed by atoms with Gasteiger partial charge in [-0.1, -0.05) is 12.1 Å². The molecule has 0 N–H and O–H groups in total. The monoisotopic (exact) mass is 271 g/mol. The minimum absolute atomic E-state index is 0.0805. The highest BCUT2D eigenvalue weighted by molar-refractivity contribution is 7.99. The molecular weight excluding hydrogens is 258 g/mol. The summed E-state index contributed by atoms with van der Waals surface area (Å²) in [4.78, 5) is 23.5. The van der Waals surface area contributed by atoms with Crippen LogP contribution in [0.3, 0.4) is 0 Å². The fourth-order valence-electron chi connectivity index (χ4n) is 2.09. The second kappa shape index (κ2) is 5.40. The third-order valence-electron chi connectivity index (χ3n) is 2.97. The van der Waals surface area contributed by atoms with Crippen LogP contribution in [0.15, 0.2) is 47.8 Å². The number of carbonyl (C=O) groups excluding carboxylic acids is 1. The van der Waals surface area contributed by atoms with Crippen LogP contribution in [0.1, 0.15) is 16.9 Å². The van der Waals surface area contributed by atoms with E-state index in [0.29, 0.717) is 5.69 Å². The second-order valence-corrected chi connectivity index (χ2v) is 5.35. The first-order valence-corrected chi connectivity index (χ1v) is 7.14. The number of aromatic nitrogens is 2. The molecule has 0 spiro atoms. The van der Waals surface area contributed by atoms with E-state index in [-0.39, 0.29) is 5.91 Å². The Bertz CT molecular complexity index is 588. The molecule has 0 bridgehead atoms. The summed E-state index contributed by atoms with van der Waals surface area (Å²) in [5.74, 6) is 0.949. The quantitative estimate of drug-likeness (QED) is 0.800. The maximum absolute atomic E-state index is 12.5. The molecular formula is C14H13N3OS. The summed E-state index contributed by atoms with van der Waals surface area (Å²) in [6.45, 7) is 0.722. The smallest absolute Gasteiger partial charge is 0.278 e. The van der Waals surface area contributed by atoms with E-state index in [2.05, 4.69) is 16.0 Å². The van der Waals surface area contributed by atoms with Gasteiger partial charge in [0, 0.05) is 23.8 Å². The number of anilines is 1. The first kappa shape index (κ1) is 12.2. The van der Waals surface area contributed by atoms with Crippen molar-refractivity contribution in [3.05, 3.63) is 48.5 Å². The van der Waals surface area contributed by atoms with Gasteiger partial charge in [-0.15, -0.1) is 11.8 Å². The summed E-state index contributed by atoms with van der Waals surface area (Å²) in [5.41, 5.74) is 1.37. The van der Waals surface area contributed by atoms with Crippen LogP contribution in [0.5, 0.6) is 0 Å². The molecule has 0 unspecified atom stereocenters. The number of hydrogen-bond donors (Lipinski definition) is 0. The molecule has 2 aromatic rings. The van der Waals surface area contributed by atoms with Gasteiger partial charge in [0.2, 0.25) is 0 Å². The van der Waals surface area contributed by atoms with E-state index < -0.39 is 0 Å². The Labute approximate surface area is 115 Å². The molecule has 4 nitrogen and oxygen atoms in total. The van der Waals surface area contributed by atoms with Crippen LogP contribution >= 0.6 is 11.8 Å². The Kier molecular flexibility index (Phi) is 3.46. The number of nitrogens with zero attached hydrogens (tertiary/aromatic N) is 3. The van der Waals surface area contributed by atoms with Crippen LogP contribution in [-0.2, 0) is 0 Å². The summed E-state index contributed by atoms with van der Waals surface area (Å²) in [6, 6.07) is 8.01. The highest BCUT2D eigenvalue weighted by Gasteiger charge is 2.23. The van der Waals surface area contributed by atoms with E-state index in [1.165, 1.54) is 6.20 Å². The predicted octanol–water partition coefficient (Wildman–Crippen LogP) is 2.62. The standard InChI is InChI=1S/C14H13N3OS/c18-14(11-10-15-6-7-16-11)17-8-3-9-19-13-5-2-1-4-12(13)17/h1-2,4-7,10H,3,8-9H2. The van der Waals surface area contributed by atoms with E-state index >= 15 is 0 Å². The van der Waals surface area contributed by atoms with E-state index in [4.69, 9.17) is 0 Å². The number of benzene rings is 1. The van der Waals surface area contributed by atoms with Gasteiger partial charge in [0.25, 0.3) is 5.91 Å². The lowest BCUT2D eigenvalue weighted by atomic mass is 10.2. The van der Waals surface area contributed by atoms with Crippen molar-refractivity contribution in [1.29, 1.82) is 0 Å². The third-order valence-corrected chi connectivity index (χ3v) is 4.12. The normalized spacial score (nSPS) is 14.6. The fourth-order valence-corrected chi connectivity index (χ4v) is 3.08. The number of amides is 1.